The van der Waals surface area contributed by atoms with E-state index in [1.807, 2.05) is 30.3 Å². The lowest BCUT2D eigenvalue weighted by molar-refractivity contribution is 0.0812. The summed E-state index contributed by atoms with van der Waals surface area (Å²) in [7, 11) is 0. The minimum Gasteiger partial charge on any atom is -0.376 e. The van der Waals surface area contributed by atoms with Gasteiger partial charge in [-0.1, -0.05) is 57.0 Å². The highest BCUT2D eigenvalue weighted by Crippen LogP contribution is 2.21. The van der Waals surface area contributed by atoms with Crippen molar-refractivity contribution >= 4 is 11.9 Å². The van der Waals surface area contributed by atoms with Crippen molar-refractivity contribution in [3.8, 4) is 11.4 Å². The third kappa shape index (κ3) is 7.49. The Morgan fingerprint density at radius 3 is 1.80 bits per heavy atom. The number of ether oxygens (including phenoxy) is 2. The van der Waals surface area contributed by atoms with E-state index in [1.54, 1.807) is 4.90 Å². The number of hydrogen-bond donors (Lipinski definition) is 2. The van der Waals surface area contributed by atoms with E-state index in [2.05, 4.69) is 28.8 Å². The fourth-order valence-corrected chi connectivity index (χ4v) is 2.52. The van der Waals surface area contributed by atoms with E-state index in [0.717, 1.165) is 31.2 Å². The van der Waals surface area contributed by atoms with Crippen LogP contribution in [0.1, 0.15) is 39.5 Å². The van der Waals surface area contributed by atoms with Crippen LogP contribution in [0.2, 0.25) is 0 Å². The summed E-state index contributed by atoms with van der Waals surface area (Å²) in [5, 5.41) is 19.1. The van der Waals surface area contributed by atoms with E-state index in [0.29, 0.717) is 25.0 Å². The third-order valence-electron chi connectivity index (χ3n) is 4.33. The van der Waals surface area contributed by atoms with Crippen molar-refractivity contribution in [2.75, 3.05) is 49.9 Å². The molecule has 0 atom stereocenters. The zero-order chi connectivity index (χ0) is 21.6. The van der Waals surface area contributed by atoms with Crippen molar-refractivity contribution in [1.82, 2.24) is 15.0 Å². The van der Waals surface area contributed by atoms with Gasteiger partial charge in [0.05, 0.1) is 0 Å². The van der Waals surface area contributed by atoms with Gasteiger partial charge in [0.15, 0.2) is 5.82 Å². The summed E-state index contributed by atoms with van der Waals surface area (Å²) in [5.74, 6) is 0.976. The summed E-state index contributed by atoms with van der Waals surface area (Å²) in [5.41, 5.74) is 0.803. The summed E-state index contributed by atoms with van der Waals surface area (Å²) in [6.07, 6.45) is 4.02. The molecule has 1 aromatic carbocycles. The lowest BCUT2D eigenvalue weighted by Crippen LogP contribution is -2.33. The van der Waals surface area contributed by atoms with E-state index in [1.165, 1.54) is 4.90 Å². The number of hydrogen-bond acceptors (Lipinski definition) is 9. The minimum absolute atomic E-state index is 0.177. The first kappa shape index (κ1) is 23.9. The smallest absolute Gasteiger partial charge is 0.234 e. The Morgan fingerprint density at radius 1 is 0.767 bits per heavy atom. The van der Waals surface area contributed by atoms with Gasteiger partial charge in [-0.2, -0.15) is 15.0 Å². The van der Waals surface area contributed by atoms with Crippen molar-refractivity contribution < 1.29 is 19.7 Å². The highest BCUT2D eigenvalue weighted by atomic mass is 16.5. The molecule has 0 aliphatic carbocycles. The molecule has 0 unspecified atom stereocenters. The zero-order valence-corrected chi connectivity index (χ0v) is 17.9. The molecule has 0 aliphatic rings. The lowest BCUT2D eigenvalue weighted by atomic mass is 10.2. The van der Waals surface area contributed by atoms with Crippen molar-refractivity contribution in [1.29, 1.82) is 0 Å². The van der Waals surface area contributed by atoms with Crippen LogP contribution in [-0.2, 0) is 9.47 Å². The molecule has 9 heteroatoms. The normalized spacial score (nSPS) is 10.9. The maximum Gasteiger partial charge on any atom is 0.234 e. The van der Waals surface area contributed by atoms with Crippen LogP contribution in [-0.4, -0.2) is 65.3 Å². The Kier molecular flexibility index (Phi) is 11.0. The molecule has 0 bridgehead atoms. The van der Waals surface area contributed by atoms with Crippen molar-refractivity contribution in [2.24, 2.45) is 0 Å². The molecule has 0 saturated carbocycles. The number of benzene rings is 1. The molecule has 2 aromatic rings. The van der Waals surface area contributed by atoms with Crippen LogP contribution in [0.5, 0.6) is 0 Å². The Balaban J connectivity index is 2.33. The molecule has 2 N–H and O–H groups in total. The van der Waals surface area contributed by atoms with Crippen LogP contribution < -0.4 is 9.80 Å². The van der Waals surface area contributed by atoms with Gasteiger partial charge in [-0.25, -0.2) is 0 Å². The summed E-state index contributed by atoms with van der Waals surface area (Å²) in [4.78, 5) is 16.5. The van der Waals surface area contributed by atoms with E-state index in [9.17, 15) is 10.2 Å². The van der Waals surface area contributed by atoms with Crippen molar-refractivity contribution in [3.63, 3.8) is 0 Å². The monoisotopic (exact) mass is 419 g/mol. The van der Waals surface area contributed by atoms with Crippen LogP contribution >= 0.6 is 0 Å². The van der Waals surface area contributed by atoms with Gasteiger partial charge in [-0.05, 0) is 12.8 Å². The number of anilines is 2. The van der Waals surface area contributed by atoms with Crippen LogP contribution in [0.25, 0.3) is 11.4 Å². The second-order valence-electron chi connectivity index (χ2n) is 6.77. The number of unbranched alkanes of at least 4 members (excludes halogenated alkanes) is 2. The number of aliphatic hydroxyl groups excluding tert-OH is 2. The highest BCUT2D eigenvalue weighted by Gasteiger charge is 2.18. The second kappa shape index (κ2) is 13.8. The van der Waals surface area contributed by atoms with Gasteiger partial charge in [-0.15, -0.1) is 0 Å². The van der Waals surface area contributed by atoms with Gasteiger partial charge in [0.1, 0.15) is 26.9 Å². The topological polar surface area (TPSA) is 104 Å². The van der Waals surface area contributed by atoms with E-state index in [-0.39, 0.29) is 19.4 Å². The van der Waals surface area contributed by atoms with Crippen molar-refractivity contribution in [3.05, 3.63) is 30.3 Å². The lowest BCUT2D eigenvalue weighted by Gasteiger charge is -2.24. The first-order chi connectivity index (χ1) is 14.7. The molecule has 2 rings (SSSR count). The Hall–Kier alpha value is -2.33. The number of nitrogens with zero attached hydrogens (tertiary/aromatic N) is 5. The third-order valence-corrected chi connectivity index (χ3v) is 4.33. The second-order valence-corrected chi connectivity index (χ2v) is 6.77. The van der Waals surface area contributed by atoms with Gasteiger partial charge in [0.2, 0.25) is 11.9 Å². The predicted molar refractivity (Wildman–Crippen MR) is 116 cm³/mol. The predicted octanol–water partition coefficient (Wildman–Crippen LogP) is 2.60. The molecule has 1 aromatic heterocycles. The van der Waals surface area contributed by atoms with Gasteiger partial charge in [0, 0.05) is 18.8 Å². The van der Waals surface area contributed by atoms with Gasteiger partial charge in [0.25, 0.3) is 0 Å². The van der Waals surface area contributed by atoms with Crippen LogP contribution in [0.4, 0.5) is 11.9 Å². The summed E-state index contributed by atoms with van der Waals surface area (Å²) < 4.78 is 11.6. The molecular weight excluding hydrogens is 386 g/mol. The molecule has 0 spiro atoms. The molecule has 0 saturated heterocycles. The molecule has 0 fully saturated rings. The summed E-state index contributed by atoms with van der Waals surface area (Å²) >= 11 is 0. The zero-order valence-electron chi connectivity index (χ0n) is 17.9. The molecular formula is C21H33N5O4. The van der Waals surface area contributed by atoms with E-state index < -0.39 is 13.5 Å². The van der Waals surface area contributed by atoms with Gasteiger partial charge >= 0.3 is 0 Å². The van der Waals surface area contributed by atoms with E-state index in [4.69, 9.17) is 9.47 Å². The van der Waals surface area contributed by atoms with Crippen LogP contribution in [0.15, 0.2) is 30.3 Å². The van der Waals surface area contributed by atoms with E-state index >= 15 is 0 Å². The highest BCUT2D eigenvalue weighted by molar-refractivity contribution is 5.58. The Morgan fingerprint density at radius 2 is 1.30 bits per heavy atom. The Bertz CT molecular complexity index is 704. The first-order valence-electron chi connectivity index (χ1n) is 10.4. The van der Waals surface area contributed by atoms with Crippen molar-refractivity contribution in [2.45, 2.75) is 39.5 Å². The number of aromatic nitrogens is 3. The summed E-state index contributed by atoms with van der Waals surface area (Å²) in [6.45, 7) is 5.16. The van der Waals surface area contributed by atoms with Gasteiger partial charge < -0.3 is 19.7 Å². The van der Waals surface area contributed by atoms with Crippen LogP contribution in [0.3, 0.4) is 0 Å². The van der Waals surface area contributed by atoms with Gasteiger partial charge in [-0.3, -0.25) is 9.80 Å². The molecule has 9 nitrogen and oxygen atoms in total. The molecule has 0 aliphatic heterocycles. The average Bonchev–Trinajstić information content (AvgIpc) is 2.79. The standard InChI is InChI=1S/C21H33N5O4/c1-3-5-12-29-16-26(17-30-13-6-4-2)21-23-19(18-10-8-7-9-11-18)22-20(24-21)25(14-27)15-28/h7-11,27-28H,3-6,12-17H2,1-2H3. The largest absolute Gasteiger partial charge is 0.376 e. The number of rotatable bonds is 15. The fourth-order valence-electron chi connectivity index (χ4n) is 2.52. The minimum atomic E-state index is -0.422. The quantitative estimate of drug-likeness (QED) is 0.333. The summed E-state index contributed by atoms with van der Waals surface area (Å²) in [6, 6.07) is 9.49. The molecule has 0 radical (unpaired) electrons. The molecule has 1 heterocycles. The molecule has 30 heavy (non-hydrogen) atoms. The maximum absolute atomic E-state index is 9.57. The SMILES string of the molecule is CCCCOCN(COCCCC)c1nc(-c2ccccc2)nc(N(CO)CO)n1. The van der Waals surface area contributed by atoms with Crippen LogP contribution in [0, 0.1) is 0 Å². The first-order valence-corrected chi connectivity index (χ1v) is 10.4. The Labute approximate surface area is 178 Å². The number of aliphatic hydroxyl groups is 2. The molecule has 0 amide bonds. The molecule has 166 valence electrons. The fraction of sp³-hybridized carbons (Fsp3) is 0.571. The maximum atomic E-state index is 9.57. The average molecular weight is 420 g/mol.